The zero-order valence-corrected chi connectivity index (χ0v) is 7.68. The Balaban J connectivity index is 0.000000171. The molecule has 0 fully saturated rings. The van der Waals surface area contributed by atoms with Crippen molar-refractivity contribution >= 4 is 5.65 Å². The molecule has 0 unspecified atom stereocenters. The van der Waals surface area contributed by atoms with Crippen LogP contribution in [0.15, 0.2) is 36.8 Å². The van der Waals surface area contributed by atoms with E-state index in [2.05, 4.69) is 4.98 Å². The third-order valence-electron chi connectivity index (χ3n) is 1.36. The average molecular weight is 219 g/mol. The fraction of sp³-hybridized carbons (Fsp3) is 0. The number of fused-ring (bicyclic) bond motifs is 1. The number of rotatable bonds is 0. The second-order valence-corrected chi connectivity index (χ2v) is 3.09. The van der Waals surface area contributed by atoms with E-state index in [1.54, 1.807) is 0 Å². The highest BCUT2D eigenvalue weighted by atomic mass is 35.7. The van der Waals surface area contributed by atoms with Crippen LogP contribution < -0.4 is 23.0 Å². The molecule has 0 spiro atoms. The van der Waals surface area contributed by atoms with E-state index < -0.39 is 10.2 Å². The topological polar surface area (TPSA) is 112 Å². The van der Waals surface area contributed by atoms with E-state index in [-0.39, 0.29) is 0 Å². The summed E-state index contributed by atoms with van der Waals surface area (Å²) in [4.78, 5) is 3.08. The van der Waals surface area contributed by atoms with Crippen molar-refractivity contribution in [1.29, 1.82) is 0 Å². The lowest BCUT2D eigenvalue weighted by molar-refractivity contribution is -2.00. The summed E-state index contributed by atoms with van der Waals surface area (Å²) in [5.74, 6) is 0. The quantitative estimate of drug-likeness (QED) is 0.454. The number of halogens is 1. The highest BCUT2D eigenvalue weighted by molar-refractivity contribution is 5.26. The van der Waals surface area contributed by atoms with Gasteiger partial charge in [-0.2, -0.15) is 0 Å². The van der Waals surface area contributed by atoms with Crippen molar-refractivity contribution in [2.45, 2.75) is 0 Å². The van der Waals surface area contributed by atoms with Crippen LogP contribution in [0.3, 0.4) is 0 Å². The molecule has 0 aliphatic carbocycles. The first-order chi connectivity index (χ1) is 6.47. The van der Waals surface area contributed by atoms with Crippen LogP contribution in [0, 0.1) is 10.2 Å². The second kappa shape index (κ2) is 4.36. The van der Waals surface area contributed by atoms with Crippen molar-refractivity contribution in [3.63, 3.8) is 0 Å². The molecule has 2 heterocycles. The molecule has 7 heteroatoms. The van der Waals surface area contributed by atoms with Crippen LogP contribution in [0.4, 0.5) is 0 Å². The van der Waals surface area contributed by atoms with Gasteiger partial charge in [0.25, 0.3) is 5.65 Å². The van der Waals surface area contributed by atoms with E-state index in [1.165, 1.54) is 0 Å². The van der Waals surface area contributed by atoms with Gasteiger partial charge in [0.05, 0.1) is 6.20 Å². The largest absolute Gasteiger partial charge is 0.283 e. The number of hydrogen-bond acceptors (Lipinski definition) is 4. The van der Waals surface area contributed by atoms with Gasteiger partial charge in [0, 0.05) is 6.07 Å². The van der Waals surface area contributed by atoms with Crippen molar-refractivity contribution in [1.82, 2.24) is 4.98 Å². The number of hydrogen-bond donors (Lipinski definition) is 1. The maximum absolute atomic E-state index is 8.49. The number of aromatic amines is 1. The summed E-state index contributed by atoms with van der Waals surface area (Å²) < 4.78 is 36.0. The van der Waals surface area contributed by atoms with Crippen LogP contribution in [0.2, 0.25) is 0 Å². The lowest BCUT2D eigenvalue weighted by Gasteiger charge is -2.17. The standard InChI is InChI=1S/C7H6N2.ClHO4/c1-2-5-9-6-4-8-7(9)3-1;2-1(3,4)5/h1-6H;(H,2,3,4,5). The molecule has 0 radical (unpaired) electrons. The lowest BCUT2D eigenvalue weighted by Crippen LogP contribution is -2.68. The number of nitrogens with zero attached hydrogens (tertiary/aromatic N) is 1. The number of H-pyrrole nitrogens is 1. The van der Waals surface area contributed by atoms with Gasteiger partial charge in [0.1, 0.15) is 12.4 Å². The van der Waals surface area contributed by atoms with E-state index in [1.807, 2.05) is 41.2 Å². The van der Waals surface area contributed by atoms with Gasteiger partial charge in [-0.1, -0.05) is 6.07 Å². The number of pyridine rings is 1. The molecule has 0 atom stereocenters. The summed E-state index contributed by atoms with van der Waals surface area (Å²) in [6.45, 7) is 0. The first-order valence-electron chi connectivity index (χ1n) is 3.52. The van der Waals surface area contributed by atoms with Crippen molar-refractivity contribution in [3.05, 3.63) is 36.8 Å². The van der Waals surface area contributed by atoms with Crippen molar-refractivity contribution in [2.24, 2.45) is 0 Å². The Morgan fingerprint density at radius 1 is 1.07 bits per heavy atom. The Hall–Kier alpha value is -1.18. The molecule has 0 saturated carbocycles. The fourth-order valence-electron chi connectivity index (χ4n) is 0.911. The minimum atomic E-state index is -4.94. The zero-order chi connectivity index (χ0) is 10.6. The molecule has 1 N–H and O–H groups in total. The molecule has 6 nitrogen and oxygen atoms in total. The Kier molecular flexibility index (Phi) is 3.39. The molecule has 0 saturated heterocycles. The molecule has 76 valence electrons. The second-order valence-electron chi connectivity index (χ2n) is 2.33. The molecular weight excluding hydrogens is 212 g/mol. The Labute approximate surface area is 81.4 Å². The number of nitrogens with one attached hydrogen (secondary N) is 1. The van der Waals surface area contributed by atoms with E-state index in [4.69, 9.17) is 18.6 Å². The van der Waals surface area contributed by atoms with Crippen LogP contribution in [-0.4, -0.2) is 4.98 Å². The van der Waals surface area contributed by atoms with Gasteiger partial charge in [0.15, 0.2) is 0 Å². The van der Waals surface area contributed by atoms with Crippen LogP contribution in [-0.2, 0) is 0 Å². The molecule has 0 amide bonds. The predicted octanol–water partition coefficient (Wildman–Crippen LogP) is -4.00. The Bertz CT molecular complexity index is 361. The first kappa shape index (κ1) is 10.9. The van der Waals surface area contributed by atoms with Gasteiger partial charge in [-0.25, -0.2) is 28.0 Å². The molecule has 0 bridgehead atoms. The van der Waals surface area contributed by atoms with Crippen molar-refractivity contribution in [2.75, 3.05) is 0 Å². The summed E-state index contributed by atoms with van der Waals surface area (Å²) in [7, 11) is -4.94. The number of imidazole rings is 1. The van der Waals surface area contributed by atoms with Gasteiger partial charge in [-0.15, -0.1) is 10.2 Å². The summed E-state index contributed by atoms with van der Waals surface area (Å²) in [5, 5.41) is 0. The molecule has 2 aromatic rings. The molecule has 2 aromatic heterocycles. The van der Waals surface area contributed by atoms with Crippen LogP contribution in [0.1, 0.15) is 0 Å². The summed E-state index contributed by atoms with van der Waals surface area (Å²) >= 11 is 0. The van der Waals surface area contributed by atoms with Crippen molar-refractivity contribution in [3.8, 4) is 0 Å². The van der Waals surface area contributed by atoms with E-state index in [0.29, 0.717) is 0 Å². The predicted molar refractivity (Wildman–Crippen MR) is 34.0 cm³/mol. The van der Waals surface area contributed by atoms with Gasteiger partial charge in [-0.3, -0.25) is 0 Å². The van der Waals surface area contributed by atoms with Crippen LogP contribution >= 0.6 is 0 Å². The smallest absolute Gasteiger partial charge is 0.243 e. The summed E-state index contributed by atoms with van der Waals surface area (Å²) in [6.07, 6.45) is 5.90. The average Bonchev–Trinajstić information content (AvgIpc) is 2.47. The van der Waals surface area contributed by atoms with Gasteiger partial charge in [0.2, 0.25) is 0 Å². The molecule has 0 aromatic carbocycles. The molecule has 0 aliphatic heterocycles. The first-order valence-corrected chi connectivity index (χ1v) is 4.75. The van der Waals surface area contributed by atoms with E-state index >= 15 is 0 Å². The Morgan fingerprint density at radius 2 is 1.71 bits per heavy atom. The third kappa shape index (κ3) is 4.17. The lowest BCUT2D eigenvalue weighted by atomic mass is 10.5. The normalized spacial score (nSPS) is 10.9. The van der Waals surface area contributed by atoms with Gasteiger partial charge in [-0.05, 0) is 6.07 Å². The van der Waals surface area contributed by atoms with E-state index in [9.17, 15) is 0 Å². The third-order valence-corrected chi connectivity index (χ3v) is 1.36. The van der Waals surface area contributed by atoms with Gasteiger partial charge < -0.3 is 0 Å². The maximum Gasteiger partial charge on any atom is 0.283 e. The molecule has 2 rings (SSSR count). The SMILES string of the molecule is [O-][Cl+3]([O-])([O-])[O-].c1cc[n+]2cc[nH]c2c1. The number of aromatic nitrogens is 2. The monoisotopic (exact) mass is 218 g/mol. The van der Waals surface area contributed by atoms with E-state index in [0.717, 1.165) is 5.65 Å². The molecular formula is C7H7ClN2O4. The zero-order valence-electron chi connectivity index (χ0n) is 6.92. The summed E-state index contributed by atoms with van der Waals surface area (Å²) in [6, 6.07) is 6.03. The van der Waals surface area contributed by atoms with Crippen LogP contribution in [0.5, 0.6) is 0 Å². The van der Waals surface area contributed by atoms with Gasteiger partial charge >= 0.3 is 0 Å². The summed E-state index contributed by atoms with van der Waals surface area (Å²) in [5.41, 5.74) is 1.12. The van der Waals surface area contributed by atoms with Crippen molar-refractivity contribution < 1.29 is 33.3 Å². The Morgan fingerprint density at radius 3 is 2.29 bits per heavy atom. The minimum Gasteiger partial charge on any atom is -0.243 e. The maximum atomic E-state index is 8.49. The fourth-order valence-corrected chi connectivity index (χ4v) is 0.911. The molecule has 0 aliphatic rings. The highest BCUT2D eigenvalue weighted by Gasteiger charge is 1.94. The highest BCUT2D eigenvalue weighted by Crippen LogP contribution is 1.87. The minimum absolute atomic E-state index is 1.12. The van der Waals surface area contributed by atoms with Crippen LogP contribution in [0.25, 0.3) is 5.65 Å². The molecule has 14 heavy (non-hydrogen) atoms.